The van der Waals surface area contributed by atoms with Crippen LogP contribution >= 0.6 is 0 Å². The average Bonchev–Trinajstić information content (AvgIpc) is 3.17. The third-order valence-corrected chi connectivity index (χ3v) is 3.79. The Kier molecular flexibility index (Phi) is 4.47. The fourth-order valence-electron chi connectivity index (χ4n) is 2.62. The third-order valence-electron chi connectivity index (χ3n) is 3.79. The van der Waals surface area contributed by atoms with E-state index < -0.39 is 0 Å². The first-order valence-corrected chi connectivity index (χ1v) is 7.65. The van der Waals surface area contributed by atoms with E-state index in [2.05, 4.69) is 21.0 Å². The van der Waals surface area contributed by atoms with Crippen molar-refractivity contribution in [2.45, 2.75) is 19.4 Å². The van der Waals surface area contributed by atoms with Crippen molar-refractivity contribution >= 4 is 11.8 Å². The molecule has 0 aliphatic carbocycles. The Morgan fingerprint density at radius 2 is 2.17 bits per heavy atom. The first kappa shape index (κ1) is 15.4. The number of carbonyl (C=O) groups excluding carboxylic acids is 1. The minimum Gasteiger partial charge on any atom is -0.497 e. The predicted octanol–water partition coefficient (Wildman–Crippen LogP) is 1.67. The first-order chi connectivity index (χ1) is 11.2. The van der Waals surface area contributed by atoms with E-state index >= 15 is 0 Å². The molecule has 3 N–H and O–H groups in total. The zero-order valence-electron chi connectivity index (χ0n) is 13.3. The van der Waals surface area contributed by atoms with E-state index in [1.54, 1.807) is 11.8 Å². The molecule has 1 fully saturated rings. The summed E-state index contributed by atoms with van der Waals surface area (Å²) in [6.45, 7) is 3.64. The Bertz CT molecular complexity index is 674. The Morgan fingerprint density at radius 1 is 1.39 bits per heavy atom. The lowest BCUT2D eigenvalue weighted by Crippen LogP contribution is -2.39. The number of aryl methyl sites for hydroxylation is 1. The van der Waals surface area contributed by atoms with Crippen LogP contribution in [0, 0.1) is 6.92 Å². The number of anilines is 1. The molecule has 7 heteroatoms. The third kappa shape index (κ3) is 3.62. The lowest BCUT2D eigenvalue weighted by molar-refractivity contribution is 0.249. The highest BCUT2D eigenvalue weighted by Gasteiger charge is 2.18. The average molecular weight is 315 g/mol. The highest BCUT2D eigenvalue weighted by molar-refractivity contribution is 5.89. The van der Waals surface area contributed by atoms with E-state index in [-0.39, 0.29) is 12.1 Å². The second-order valence-electron chi connectivity index (χ2n) is 5.57. The molecule has 3 rings (SSSR count). The summed E-state index contributed by atoms with van der Waals surface area (Å²) in [4.78, 5) is 12.2. The summed E-state index contributed by atoms with van der Waals surface area (Å²) >= 11 is 0. The van der Waals surface area contributed by atoms with Crippen LogP contribution in [0.15, 0.2) is 30.3 Å². The van der Waals surface area contributed by atoms with Crippen molar-refractivity contribution in [2.24, 2.45) is 0 Å². The number of ether oxygens (including phenoxy) is 1. The smallest absolute Gasteiger partial charge is 0.320 e. The number of urea groups is 1. The molecular weight excluding hydrogens is 294 g/mol. The van der Waals surface area contributed by atoms with Crippen molar-refractivity contribution in [2.75, 3.05) is 25.5 Å². The number of carbonyl (C=O) groups is 1. The van der Waals surface area contributed by atoms with Gasteiger partial charge in [-0.2, -0.15) is 5.10 Å². The van der Waals surface area contributed by atoms with Crippen molar-refractivity contribution in [1.29, 1.82) is 0 Å². The van der Waals surface area contributed by atoms with Crippen molar-refractivity contribution in [1.82, 2.24) is 20.4 Å². The molecule has 1 saturated heterocycles. The molecule has 0 bridgehead atoms. The number of nitrogens with one attached hydrogen (secondary N) is 3. The van der Waals surface area contributed by atoms with Gasteiger partial charge in [-0.15, -0.1) is 0 Å². The van der Waals surface area contributed by atoms with E-state index in [0.29, 0.717) is 5.82 Å². The number of aromatic nitrogens is 2. The standard InChI is InChI=1S/C16H21N5O2/c1-11-9-15(19-16(22)18-12-7-8-17-10-12)21(20-11)13-3-5-14(23-2)6-4-13/h3-6,9,12,17H,7-8,10H2,1-2H3,(H2,18,19,22)/t12-/m1/s1. The maximum absolute atomic E-state index is 12.2. The molecule has 0 unspecified atom stereocenters. The lowest BCUT2D eigenvalue weighted by atomic mass is 10.3. The normalized spacial score (nSPS) is 17.0. The number of amides is 2. The number of methoxy groups -OCH3 is 1. The van der Waals surface area contributed by atoms with Crippen molar-refractivity contribution in [3.8, 4) is 11.4 Å². The van der Waals surface area contributed by atoms with Crippen LogP contribution in [-0.2, 0) is 0 Å². The van der Waals surface area contributed by atoms with E-state index in [9.17, 15) is 4.79 Å². The second-order valence-corrected chi connectivity index (χ2v) is 5.57. The predicted molar refractivity (Wildman–Crippen MR) is 88.3 cm³/mol. The van der Waals surface area contributed by atoms with Gasteiger partial charge in [-0.25, -0.2) is 9.48 Å². The SMILES string of the molecule is COc1ccc(-n2nc(C)cc2NC(=O)N[C@@H]2CCNC2)cc1. The summed E-state index contributed by atoms with van der Waals surface area (Å²) in [6.07, 6.45) is 0.949. The van der Waals surface area contributed by atoms with E-state index in [1.165, 1.54) is 0 Å². The Hall–Kier alpha value is -2.54. The summed E-state index contributed by atoms with van der Waals surface area (Å²) in [5.41, 5.74) is 1.69. The molecule has 1 aromatic carbocycles. The summed E-state index contributed by atoms with van der Waals surface area (Å²) in [7, 11) is 1.63. The maximum Gasteiger partial charge on any atom is 0.320 e. The highest BCUT2D eigenvalue weighted by atomic mass is 16.5. The molecular formula is C16H21N5O2. The molecule has 2 heterocycles. The Morgan fingerprint density at radius 3 is 2.83 bits per heavy atom. The molecule has 2 aromatic rings. The van der Waals surface area contributed by atoms with Gasteiger partial charge in [-0.3, -0.25) is 5.32 Å². The van der Waals surface area contributed by atoms with Crippen LogP contribution in [0.2, 0.25) is 0 Å². The van der Waals surface area contributed by atoms with Crippen LogP contribution in [0.1, 0.15) is 12.1 Å². The monoisotopic (exact) mass is 315 g/mol. The van der Waals surface area contributed by atoms with Gasteiger partial charge in [0.15, 0.2) is 0 Å². The largest absolute Gasteiger partial charge is 0.497 e. The van der Waals surface area contributed by atoms with E-state index in [4.69, 9.17) is 4.74 Å². The number of rotatable bonds is 4. The second kappa shape index (κ2) is 6.70. The van der Waals surface area contributed by atoms with Gasteiger partial charge in [-0.05, 0) is 44.2 Å². The molecule has 1 aliphatic heterocycles. The van der Waals surface area contributed by atoms with Crippen LogP contribution in [0.4, 0.5) is 10.6 Å². The summed E-state index contributed by atoms with van der Waals surface area (Å²) in [5, 5.41) is 13.5. The molecule has 0 saturated carbocycles. The van der Waals surface area contributed by atoms with Crippen molar-refractivity contribution in [3.63, 3.8) is 0 Å². The Balaban J connectivity index is 1.75. The molecule has 2 amide bonds. The number of nitrogens with zero attached hydrogens (tertiary/aromatic N) is 2. The number of hydrogen-bond acceptors (Lipinski definition) is 4. The van der Waals surface area contributed by atoms with Crippen molar-refractivity contribution < 1.29 is 9.53 Å². The molecule has 0 radical (unpaired) electrons. The molecule has 122 valence electrons. The van der Waals surface area contributed by atoms with Gasteiger partial charge in [0, 0.05) is 18.7 Å². The van der Waals surface area contributed by atoms with Crippen LogP contribution < -0.4 is 20.7 Å². The summed E-state index contributed by atoms with van der Waals surface area (Å²) in [5.74, 6) is 1.41. The van der Waals surface area contributed by atoms with E-state index in [0.717, 1.165) is 36.6 Å². The number of benzene rings is 1. The summed E-state index contributed by atoms with van der Waals surface area (Å²) < 4.78 is 6.87. The molecule has 1 aliphatic rings. The number of hydrogen-bond donors (Lipinski definition) is 3. The quantitative estimate of drug-likeness (QED) is 0.802. The minimum atomic E-state index is -0.214. The molecule has 1 aromatic heterocycles. The fourth-order valence-corrected chi connectivity index (χ4v) is 2.62. The minimum absolute atomic E-state index is 0.174. The maximum atomic E-state index is 12.2. The lowest BCUT2D eigenvalue weighted by Gasteiger charge is -2.13. The topological polar surface area (TPSA) is 80.2 Å². The van der Waals surface area contributed by atoms with Gasteiger partial charge in [0.1, 0.15) is 11.6 Å². The van der Waals surface area contributed by atoms with Crippen LogP contribution in [0.3, 0.4) is 0 Å². The van der Waals surface area contributed by atoms with Gasteiger partial charge < -0.3 is 15.4 Å². The Labute approximate surface area is 135 Å². The van der Waals surface area contributed by atoms with Crippen LogP contribution in [0.25, 0.3) is 5.69 Å². The molecule has 0 spiro atoms. The summed E-state index contributed by atoms with van der Waals surface area (Å²) in [6, 6.07) is 9.32. The molecule has 23 heavy (non-hydrogen) atoms. The zero-order chi connectivity index (χ0) is 16.2. The van der Waals surface area contributed by atoms with Gasteiger partial charge in [-0.1, -0.05) is 0 Å². The zero-order valence-corrected chi connectivity index (χ0v) is 13.3. The van der Waals surface area contributed by atoms with Crippen LogP contribution in [0.5, 0.6) is 5.75 Å². The van der Waals surface area contributed by atoms with Crippen molar-refractivity contribution in [3.05, 3.63) is 36.0 Å². The molecule has 1 atom stereocenters. The van der Waals surface area contributed by atoms with Gasteiger partial charge in [0.25, 0.3) is 0 Å². The van der Waals surface area contributed by atoms with Gasteiger partial charge >= 0.3 is 6.03 Å². The first-order valence-electron chi connectivity index (χ1n) is 7.65. The fraction of sp³-hybridized carbons (Fsp3) is 0.375. The van der Waals surface area contributed by atoms with E-state index in [1.807, 2.05) is 37.3 Å². The van der Waals surface area contributed by atoms with Gasteiger partial charge in [0.05, 0.1) is 18.5 Å². The highest BCUT2D eigenvalue weighted by Crippen LogP contribution is 2.20. The molecule has 7 nitrogen and oxygen atoms in total. The van der Waals surface area contributed by atoms with Crippen LogP contribution in [-0.4, -0.2) is 42.1 Å². The van der Waals surface area contributed by atoms with Gasteiger partial charge in [0.2, 0.25) is 0 Å².